The Morgan fingerprint density at radius 2 is 2.24 bits per heavy atom. The van der Waals surface area contributed by atoms with Gasteiger partial charge in [0.25, 0.3) is 0 Å². The lowest BCUT2D eigenvalue weighted by atomic mass is 10.2. The zero-order valence-electron chi connectivity index (χ0n) is 14.6. The molecule has 1 unspecified atom stereocenters. The number of aromatic nitrogens is 4. The van der Waals surface area contributed by atoms with Crippen LogP contribution in [0, 0.1) is 6.92 Å². The largest absolute Gasteiger partial charge is 0.345 e. The van der Waals surface area contributed by atoms with E-state index in [1.54, 1.807) is 20.0 Å². The lowest BCUT2D eigenvalue weighted by Gasteiger charge is -2.19. The van der Waals surface area contributed by atoms with E-state index in [4.69, 9.17) is 0 Å². The zero-order valence-corrected chi connectivity index (χ0v) is 14.6. The Morgan fingerprint density at radius 1 is 1.48 bits per heavy atom. The minimum absolute atomic E-state index is 0.0356. The summed E-state index contributed by atoms with van der Waals surface area (Å²) >= 11 is 0. The molecule has 2 amide bonds. The van der Waals surface area contributed by atoms with Crippen molar-refractivity contribution in [3.05, 3.63) is 42.4 Å². The van der Waals surface area contributed by atoms with Crippen molar-refractivity contribution in [2.45, 2.75) is 26.8 Å². The first kappa shape index (κ1) is 18.3. The summed E-state index contributed by atoms with van der Waals surface area (Å²) in [6.07, 6.45) is 2.89. The van der Waals surface area contributed by atoms with Crippen molar-refractivity contribution in [1.82, 2.24) is 30.4 Å². The molecular weight excluding hydrogens is 320 g/mol. The number of aromatic amines is 1. The van der Waals surface area contributed by atoms with E-state index in [-0.39, 0.29) is 24.4 Å². The Bertz CT molecular complexity index is 770. The van der Waals surface area contributed by atoms with Crippen LogP contribution in [0.2, 0.25) is 0 Å². The van der Waals surface area contributed by atoms with E-state index in [0.29, 0.717) is 23.9 Å². The third kappa shape index (κ3) is 4.72. The number of rotatable bonds is 7. The summed E-state index contributed by atoms with van der Waals surface area (Å²) in [5.74, 6) is 0.426. The van der Waals surface area contributed by atoms with Crippen LogP contribution >= 0.6 is 0 Å². The highest BCUT2D eigenvalue weighted by Crippen LogP contribution is 2.15. The summed E-state index contributed by atoms with van der Waals surface area (Å²) in [6, 6.07) is 3.40. The van der Waals surface area contributed by atoms with Crippen molar-refractivity contribution in [3.63, 3.8) is 0 Å². The number of nitrogens with zero attached hydrogens (tertiary/aromatic N) is 4. The smallest absolute Gasteiger partial charge is 0.246 e. The van der Waals surface area contributed by atoms with Gasteiger partial charge in [-0.15, -0.1) is 0 Å². The maximum atomic E-state index is 12.1. The lowest BCUT2D eigenvalue weighted by Crippen LogP contribution is -2.40. The van der Waals surface area contributed by atoms with Crippen molar-refractivity contribution in [2.75, 3.05) is 13.1 Å². The van der Waals surface area contributed by atoms with Crippen LogP contribution in [0.15, 0.2) is 31.0 Å². The number of likely N-dealkylation sites (N-methyl/N-ethyl adjacent to an activating group) is 1. The molecule has 0 bridgehead atoms. The van der Waals surface area contributed by atoms with E-state index in [1.807, 2.05) is 19.1 Å². The third-order valence-corrected chi connectivity index (χ3v) is 3.64. The number of hydrogen-bond acceptors (Lipinski definition) is 5. The maximum absolute atomic E-state index is 12.1. The minimum Gasteiger partial charge on any atom is -0.345 e. The predicted octanol–water partition coefficient (Wildman–Crippen LogP) is 1.39. The summed E-state index contributed by atoms with van der Waals surface area (Å²) in [5, 5.41) is 9.76. The standard InChI is InChI=1S/C17H22N6O2/c1-5-15(25)23(6-2)10-14(24)19-12(4)16-20-17(22-21-16)13-9-11(3)7-8-18-13/h5,7-9,12H,1,6,10H2,2-4H3,(H,19,24)(H,20,21,22). The average Bonchev–Trinajstić information content (AvgIpc) is 3.09. The van der Waals surface area contributed by atoms with Crippen LogP contribution in [0.5, 0.6) is 0 Å². The minimum atomic E-state index is -0.379. The molecule has 2 aromatic heterocycles. The van der Waals surface area contributed by atoms with Crippen molar-refractivity contribution in [2.24, 2.45) is 0 Å². The summed E-state index contributed by atoms with van der Waals surface area (Å²) in [5.41, 5.74) is 1.72. The monoisotopic (exact) mass is 342 g/mol. The highest BCUT2D eigenvalue weighted by Gasteiger charge is 2.18. The van der Waals surface area contributed by atoms with Gasteiger partial charge in [-0.2, -0.15) is 5.10 Å². The zero-order chi connectivity index (χ0) is 18.4. The van der Waals surface area contributed by atoms with Gasteiger partial charge in [0, 0.05) is 12.7 Å². The van der Waals surface area contributed by atoms with Gasteiger partial charge < -0.3 is 10.2 Å². The first-order chi connectivity index (χ1) is 11.9. The van der Waals surface area contributed by atoms with Crippen LogP contribution < -0.4 is 5.32 Å². The molecule has 2 N–H and O–H groups in total. The highest BCUT2D eigenvalue weighted by atomic mass is 16.2. The molecule has 1 atom stereocenters. The van der Waals surface area contributed by atoms with Gasteiger partial charge >= 0.3 is 0 Å². The molecule has 2 heterocycles. The molecule has 0 aromatic carbocycles. The molecule has 2 rings (SSSR count). The predicted molar refractivity (Wildman–Crippen MR) is 93.4 cm³/mol. The van der Waals surface area contributed by atoms with E-state index in [2.05, 4.69) is 32.1 Å². The molecule has 0 saturated carbocycles. The number of carbonyl (C=O) groups is 2. The van der Waals surface area contributed by atoms with E-state index in [1.165, 1.54) is 11.0 Å². The van der Waals surface area contributed by atoms with Crippen LogP contribution in [-0.2, 0) is 9.59 Å². The SMILES string of the molecule is C=CC(=O)N(CC)CC(=O)NC(C)c1nc(-c2cc(C)ccn2)n[nH]1. The van der Waals surface area contributed by atoms with Crippen molar-refractivity contribution < 1.29 is 9.59 Å². The Balaban J connectivity index is 2.01. The first-order valence-electron chi connectivity index (χ1n) is 8.00. The van der Waals surface area contributed by atoms with E-state index >= 15 is 0 Å². The molecular formula is C17H22N6O2. The van der Waals surface area contributed by atoms with Gasteiger partial charge in [-0.05, 0) is 44.5 Å². The number of pyridine rings is 1. The number of nitrogens with one attached hydrogen (secondary N) is 2. The van der Waals surface area contributed by atoms with Gasteiger partial charge in [-0.25, -0.2) is 4.98 Å². The Labute approximate surface area is 146 Å². The fourth-order valence-electron chi connectivity index (χ4n) is 2.24. The van der Waals surface area contributed by atoms with Crippen molar-refractivity contribution in [1.29, 1.82) is 0 Å². The summed E-state index contributed by atoms with van der Waals surface area (Å²) in [4.78, 5) is 33.8. The third-order valence-electron chi connectivity index (χ3n) is 3.64. The van der Waals surface area contributed by atoms with Crippen LogP contribution in [-0.4, -0.2) is 50.0 Å². The normalized spacial score (nSPS) is 11.6. The van der Waals surface area contributed by atoms with Gasteiger partial charge in [-0.1, -0.05) is 6.58 Å². The summed E-state index contributed by atoms with van der Waals surface area (Å²) < 4.78 is 0. The number of hydrogen-bond donors (Lipinski definition) is 2. The van der Waals surface area contributed by atoms with Crippen molar-refractivity contribution >= 4 is 11.8 Å². The maximum Gasteiger partial charge on any atom is 0.246 e. The van der Waals surface area contributed by atoms with E-state index in [9.17, 15) is 9.59 Å². The molecule has 0 aliphatic rings. The topological polar surface area (TPSA) is 104 Å². The van der Waals surface area contributed by atoms with Crippen LogP contribution in [0.3, 0.4) is 0 Å². The quantitative estimate of drug-likeness (QED) is 0.740. The van der Waals surface area contributed by atoms with Crippen molar-refractivity contribution in [3.8, 4) is 11.5 Å². The van der Waals surface area contributed by atoms with Gasteiger partial charge in [0.1, 0.15) is 11.5 Å². The molecule has 0 aliphatic heterocycles. The molecule has 0 radical (unpaired) electrons. The molecule has 2 aromatic rings. The first-order valence-corrected chi connectivity index (χ1v) is 8.00. The molecule has 0 fully saturated rings. The number of carbonyl (C=O) groups excluding carboxylic acids is 2. The molecule has 8 nitrogen and oxygen atoms in total. The molecule has 132 valence electrons. The Morgan fingerprint density at radius 3 is 2.88 bits per heavy atom. The van der Waals surface area contributed by atoms with Gasteiger partial charge in [-0.3, -0.25) is 19.7 Å². The highest BCUT2D eigenvalue weighted by molar-refractivity contribution is 5.90. The van der Waals surface area contributed by atoms with Gasteiger partial charge in [0.15, 0.2) is 5.82 Å². The molecule has 0 spiro atoms. The lowest BCUT2D eigenvalue weighted by molar-refractivity contribution is -0.132. The fourth-order valence-corrected chi connectivity index (χ4v) is 2.24. The summed E-state index contributed by atoms with van der Waals surface area (Å²) in [6.45, 7) is 9.38. The Hall–Kier alpha value is -3.03. The van der Waals surface area contributed by atoms with Gasteiger partial charge in [0.2, 0.25) is 11.8 Å². The number of amides is 2. The van der Waals surface area contributed by atoms with Crippen LogP contribution in [0.1, 0.15) is 31.3 Å². The van der Waals surface area contributed by atoms with E-state index in [0.717, 1.165) is 5.56 Å². The van der Waals surface area contributed by atoms with Gasteiger partial charge in [0.05, 0.1) is 12.6 Å². The number of H-pyrrole nitrogens is 1. The van der Waals surface area contributed by atoms with Crippen LogP contribution in [0.4, 0.5) is 0 Å². The molecule has 8 heteroatoms. The fraction of sp³-hybridized carbons (Fsp3) is 0.353. The molecule has 0 aliphatic carbocycles. The molecule has 0 saturated heterocycles. The Kier molecular flexibility index (Phi) is 5.99. The second-order valence-electron chi connectivity index (χ2n) is 5.61. The second kappa shape index (κ2) is 8.18. The average molecular weight is 342 g/mol. The second-order valence-corrected chi connectivity index (χ2v) is 5.61. The summed E-state index contributed by atoms with van der Waals surface area (Å²) in [7, 11) is 0. The van der Waals surface area contributed by atoms with E-state index < -0.39 is 0 Å². The number of aryl methyl sites for hydroxylation is 1. The molecule has 25 heavy (non-hydrogen) atoms. The van der Waals surface area contributed by atoms with Crippen LogP contribution in [0.25, 0.3) is 11.5 Å².